The standard InChI is InChI=1S/C14H23N5O.ClH/c1-3-4-5-6-7-11(10(2)20)19-9-18-12-13(15)16-8-17-14(12)19;/h8-11,20H,3-7H2,1-2H3,(H2,15,16,17);1H/t10-,11?;/m0./s1. The zero-order valence-corrected chi connectivity index (χ0v) is 13.4. The summed E-state index contributed by atoms with van der Waals surface area (Å²) in [4.78, 5) is 12.5. The number of nitrogens with two attached hydrogens (primary N) is 1. The van der Waals surface area contributed by atoms with E-state index in [1.165, 1.54) is 25.6 Å². The number of nitrogen functional groups attached to an aromatic ring is 1. The highest BCUT2D eigenvalue weighted by molar-refractivity contribution is 5.85. The molecule has 0 fully saturated rings. The lowest BCUT2D eigenvalue weighted by atomic mass is 10.0. The third-order valence-corrected chi connectivity index (χ3v) is 3.65. The first-order valence-electron chi connectivity index (χ1n) is 7.26. The highest BCUT2D eigenvalue weighted by atomic mass is 35.5. The van der Waals surface area contributed by atoms with Crippen LogP contribution in [0.3, 0.4) is 0 Å². The van der Waals surface area contributed by atoms with Crippen LogP contribution in [0.15, 0.2) is 12.7 Å². The van der Waals surface area contributed by atoms with Crippen LogP contribution in [0.2, 0.25) is 0 Å². The molecule has 0 spiro atoms. The number of nitrogens with zero attached hydrogens (tertiary/aromatic N) is 4. The number of halogens is 1. The largest absolute Gasteiger partial charge is 0.391 e. The second-order valence-electron chi connectivity index (χ2n) is 5.24. The van der Waals surface area contributed by atoms with Crippen molar-refractivity contribution in [3.63, 3.8) is 0 Å². The highest BCUT2D eigenvalue weighted by Gasteiger charge is 2.20. The molecule has 0 aliphatic rings. The van der Waals surface area contributed by atoms with Gasteiger partial charge in [-0.2, -0.15) is 0 Å². The van der Waals surface area contributed by atoms with E-state index in [1.807, 2.05) is 4.57 Å². The van der Waals surface area contributed by atoms with Crippen LogP contribution in [0.1, 0.15) is 52.0 Å². The van der Waals surface area contributed by atoms with Crippen molar-refractivity contribution in [2.45, 2.75) is 58.1 Å². The fraction of sp³-hybridized carbons (Fsp3) is 0.643. The van der Waals surface area contributed by atoms with Crippen LogP contribution in [0.4, 0.5) is 5.82 Å². The van der Waals surface area contributed by atoms with Crippen molar-refractivity contribution in [3.05, 3.63) is 12.7 Å². The predicted molar refractivity (Wildman–Crippen MR) is 86.5 cm³/mol. The first-order chi connectivity index (χ1) is 9.65. The molecule has 0 saturated carbocycles. The van der Waals surface area contributed by atoms with Crippen molar-refractivity contribution in [3.8, 4) is 0 Å². The van der Waals surface area contributed by atoms with E-state index in [1.54, 1.807) is 13.3 Å². The van der Waals surface area contributed by atoms with Gasteiger partial charge in [0, 0.05) is 0 Å². The van der Waals surface area contributed by atoms with Gasteiger partial charge in [-0.25, -0.2) is 15.0 Å². The first kappa shape index (κ1) is 17.7. The summed E-state index contributed by atoms with van der Waals surface area (Å²) in [5.74, 6) is 0.379. The third-order valence-electron chi connectivity index (χ3n) is 3.65. The van der Waals surface area contributed by atoms with Crippen LogP contribution in [0, 0.1) is 0 Å². The zero-order chi connectivity index (χ0) is 14.5. The number of fused-ring (bicyclic) bond motifs is 1. The van der Waals surface area contributed by atoms with Gasteiger partial charge >= 0.3 is 0 Å². The fourth-order valence-corrected chi connectivity index (χ4v) is 2.51. The molecule has 0 aromatic carbocycles. The molecule has 0 radical (unpaired) electrons. The van der Waals surface area contributed by atoms with E-state index in [0.717, 1.165) is 12.8 Å². The molecule has 2 aromatic heterocycles. The van der Waals surface area contributed by atoms with Gasteiger partial charge in [-0.1, -0.05) is 32.6 Å². The van der Waals surface area contributed by atoms with Crippen molar-refractivity contribution in [1.29, 1.82) is 0 Å². The Morgan fingerprint density at radius 2 is 2.00 bits per heavy atom. The predicted octanol–water partition coefficient (Wildman–Crippen LogP) is 2.72. The van der Waals surface area contributed by atoms with E-state index in [4.69, 9.17) is 5.73 Å². The molecule has 0 aliphatic carbocycles. The molecule has 0 aliphatic heterocycles. The summed E-state index contributed by atoms with van der Waals surface area (Å²) in [7, 11) is 0. The average molecular weight is 314 g/mol. The van der Waals surface area contributed by atoms with Gasteiger partial charge in [0.15, 0.2) is 11.5 Å². The number of imidazole rings is 1. The molecular weight excluding hydrogens is 290 g/mol. The number of anilines is 1. The Morgan fingerprint density at radius 3 is 2.67 bits per heavy atom. The molecule has 0 saturated heterocycles. The summed E-state index contributed by atoms with van der Waals surface area (Å²) in [6.45, 7) is 4.00. The summed E-state index contributed by atoms with van der Waals surface area (Å²) >= 11 is 0. The van der Waals surface area contributed by atoms with E-state index in [-0.39, 0.29) is 18.4 Å². The zero-order valence-electron chi connectivity index (χ0n) is 12.6. The number of rotatable bonds is 7. The van der Waals surface area contributed by atoms with Gasteiger partial charge in [0.25, 0.3) is 0 Å². The lowest BCUT2D eigenvalue weighted by molar-refractivity contribution is 0.124. The maximum Gasteiger partial charge on any atom is 0.165 e. The molecule has 6 nitrogen and oxygen atoms in total. The van der Waals surface area contributed by atoms with Crippen LogP contribution in [-0.2, 0) is 0 Å². The third kappa shape index (κ3) is 4.04. The van der Waals surface area contributed by atoms with Gasteiger partial charge in [0.2, 0.25) is 0 Å². The van der Waals surface area contributed by atoms with Crippen molar-refractivity contribution >= 4 is 29.4 Å². The average Bonchev–Trinajstić information content (AvgIpc) is 2.84. The minimum Gasteiger partial charge on any atom is -0.391 e. The van der Waals surface area contributed by atoms with Gasteiger partial charge in [0.1, 0.15) is 11.8 Å². The molecule has 3 N–H and O–H groups in total. The Bertz CT molecular complexity index is 557. The monoisotopic (exact) mass is 313 g/mol. The molecule has 0 amide bonds. The van der Waals surface area contributed by atoms with Gasteiger partial charge in [0.05, 0.1) is 18.5 Å². The van der Waals surface area contributed by atoms with Crippen molar-refractivity contribution < 1.29 is 5.11 Å². The molecule has 2 atom stereocenters. The quantitative estimate of drug-likeness (QED) is 0.767. The summed E-state index contributed by atoms with van der Waals surface area (Å²) in [6.07, 6.45) is 8.30. The second-order valence-corrected chi connectivity index (χ2v) is 5.24. The highest BCUT2D eigenvalue weighted by Crippen LogP contribution is 2.25. The summed E-state index contributed by atoms with van der Waals surface area (Å²) in [5.41, 5.74) is 7.09. The fourth-order valence-electron chi connectivity index (χ4n) is 2.51. The molecule has 2 heterocycles. The Morgan fingerprint density at radius 1 is 1.24 bits per heavy atom. The van der Waals surface area contributed by atoms with E-state index in [9.17, 15) is 5.11 Å². The van der Waals surface area contributed by atoms with Crippen molar-refractivity contribution in [1.82, 2.24) is 19.5 Å². The molecule has 21 heavy (non-hydrogen) atoms. The number of hydrogen-bond donors (Lipinski definition) is 2. The number of hydrogen-bond acceptors (Lipinski definition) is 5. The molecule has 7 heteroatoms. The van der Waals surface area contributed by atoms with Crippen molar-refractivity contribution in [2.24, 2.45) is 0 Å². The molecule has 1 unspecified atom stereocenters. The van der Waals surface area contributed by atoms with E-state index >= 15 is 0 Å². The van der Waals surface area contributed by atoms with Gasteiger partial charge in [-0.3, -0.25) is 0 Å². The topological polar surface area (TPSA) is 89.8 Å². The Labute approximate surface area is 131 Å². The van der Waals surface area contributed by atoms with Crippen LogP contribution < -0.4 is 5.73 Å². The van der Waals surface area contributed by atoms with Crippen LogP contribution in [0.5, 0.6) is 0 Å². The van der Waals surface area contributed by atoms with E-state index in [0.29, 0.717) is 17.0 Å². The maximum absolute atomic E-state index is 10.0. The summed E-state index contributed by atoms with van der Waals surface area (Å²) in [5, 5.41) is 10.0. The minimum atomic E-state index is -0.454. The second kappa shape index (κ2) is 8.14. The van der Waals surface area contributed by atoms with Crippen LogP contribution in [-0.4, -0.2) is 30.7 Å². The summed E-state index contributed by atoms with van der Waals surface area (Å²) in [6, 6.07) is -0.0221. The number of aliphatic hydroxyl groups excluding tert-OH is 1. The van der Waals surface area contributed by atoms with Gasteiger partial charge in [-0.05, 0) is 13.3 Å². The van der Waals surface area contributed by atoms with Crippen LogP contribution in [0.25, 0.3) is 11.2 Å². The Kier molecular flexibility index (Phi) is 6.84. The summed E-state index contributed by atoms with van der Waals surface area (Å²) < 4.78 is 1.92. The smallest absolute Gasteiger partial charge is 0.165 e. The maximum atomic E-state index is 10.0. The number of aliphatic hydroxyl groups is 1. The lowest BCUT2D eigenvalue weighted by Gasteiger charge is -2.21. The van der Waals surface area contributed by atoms with Gasteiger partial charge < -0.3 is 15.4 Å². The Hall–Kier alpha value is -1.40. The SMILES string of the molecule is CCCCCCC([C@H](C)O)n1cnc2c(N)ncnc21.Cl. The van der Waals surface area contributed by atoms with Crippen molar-refractivity contribution in [2.75, 3.05) is 5.73 Å². The number of unbranched alkanes of at least 4 members (excludes halogenated alkanes) is 3. The first-order valence-corrected chi connectivity index (χ1v) is 7.26. The van der Waals surface area contributed by atoms with Gasteiger partial charge in [-0.15, -0.1) is 12.4 Å². The molecular formula is C14H24ClN5O. The molecule has 2 rings (SSSR count). The number of aromatic nitrogens is 4. The molecule has 118 valence electrons. The lowest BCUT2D eigenvalue weighted by Crippen LogP contribution is -2.21. The Balaban J connectivity index is 0.00000220. The normalized spacial score (nSPS) is 13.9. The minimum absolute atomic E-state index is 0. The molecule has 0 bridgehead atoms. The van der Waals surface area contributed by atoms with Crippen LogP contribution >= 0.6 is 12.4 Å². The molecule has 2 aromatic rings. The van der Waals surface area contributed by atoms with E-state index in [2.05, 4.69) is 21.9 Å². The van der Waals surface area contributed by atoms with E-state index < -0.39 is 6.10 Å².